The molecular weight excluding hydrogens is 597 g/mol. The third kappa shape index (κ3) is 7.39. The minimum absolute atomic E-state index is 0.0361. The van der Waals surface area contributed by atoms with Crippen molar-refractivity contribution in [1.82, 2.24) is 9.97 Å². The van der Waals surface area contributed by atoms with Gasteiger partial charge in [0.05, 0.1) is 21.4 Å². The first-order chi connectivity index (χ1) is 15.8. The third-order valence-electron chi connectivity index (χ3n) is 6.64. The van der Waals surface area contributed by atoms with E-state index in [4.69, 9.17) is 13.3 Å². The van der Waals surface area contributed by atoms with Crippen molar-refractivity contribution in [1.29, 1.82) is 0 Å². The number of hydrogen-bond donors (Lipinski definition) is 2. The number of nitrogens with zero attached hydrogens (tertiary/aromatic N) is 2. The molecule has 1 saturated carbocycles. The van der Waals surface area contributed by atoms with Gasteiger partial charge in [-0.05, 0) is 65.4 Å². The van der Waals surface area contributed by atoms with Gasteiger partial charge in [0.15, 0.2) is 5.16 Å². The summed E-state index contributed by atoms with van der Waals surface area (Å²) in [6.07, 6.45) is 1.76. The Kier molecular flexibility index (Phi) is 11.8. The topological polar surface area (TPSA) is 85.7 Å². The predicted octanol–water partition coefficient (Wildman–Crippen LogP) is 5.61. The summed E-state index contributed by atoms with van der Waals surface area (Å²) in [5, 5.41) is 15.4. The Morgan fingerprint density at radius 3 is 2.32 bits per heavy atom. The zero-order valence-electron chi connectivity index (χ0n) is 22.3. The molecule has 5 atom stereocenters. The highest BCUT2D eigenvalue weighted by molar-refractivity contribution is 14.1. The molecule has 0 saturated heterocycles. The summed E-state index contributed by atoms with van der Waals surface area (Å²) >= 11 is 3.80. The lowest BCUT2D eigenvalue weighted by Crippen LogP contribution is -2.49. The molecule has 34 heavy (non-hydrogen) atoms. The molecule has 1 unspecified atom stereocenters. The Bertz CT molecular complexity index is 800. The molecule has 11 heteroatoms. The van der Waals surface area contributed by atoms with E-state index in [0.717, 1.165) is 26.7 Å². The second-order valence-corrected chi connectivity index (χ2v) is 19.4. The van der Waals surface area contributed by atoms with Crippen LogP contribution in [0.4, 0.5) is 5.82 Å². The van der Waals surface area contributed by atoms with Gasteiger partial charge in [0.1, 0.15) is 11.9 Å². The summed E-state index contributed by atoms with van der Waals surface area (Å²) < 4.78 is 20.2. The Balaban J connectivity index is 2.15. The van der Waals surface area contributed by atoms with Gasteiger partial charge in [-0.3, -0.25) is 0 Å². The fourth-order valence-corrected chi connectivity index (χ4v) is 12.3. The zero-order chi connectivity index (χ0) is 25.8. The van der Waals surface area contributed by atoms with Gasteiger partial charge in [-0.2, -0.15) is 0 Å². The van der Waals surface area contributed by atoms with E-state index in [1.165, 1.54) is 11.8 Å². The number of thioether (sulfide) groups is 1. The van der Waals surface area contributed by atoms with Crippen molar-refractivity contribution in [3.05, 3.63) is 9.26 Å². The molecule has 1 aliphatic carbocycles. The molecule has 2 rings (SSSR count). The highest BCUT2D eigenvalue weighted by atomic mass is 127. The van der Waals surface area contributed by atoms with Gasteiger partial charge in [-0.1, -0.05) is 53.3 Å². The molecule has 0 spiro atoms. The van der Waals surface area contributed by atoms with Gasteiger partial charge in [-0.25, -0.2) is 9.97 Å². The van der Waals surface area contributed by atoms with Crippen LogP contribution in [-0.2, 0) is 13.3 Å². The fraction of sp³-hybridized carbons (Fsp3) is 0.826. The number of aromatic nitrogens is 2. The number of aliphatic hydroxyl groups excluding tert-OH is 1. The monoisotopic (exact) mass is 640 g/mol. The van der Waals surface area contributed by atoms with Gasteiger partial charge in [0, 0.05) is 19.6 Å². The number of ether oxygens (including phenoxy) is 1. The molecule has 0 bridgehead atoms. The van der Waals surface area contributed by atoms with Crippen LogP contribution < -0.4 is 5.32 Å². The standard InChI is InChI=1S/C23H43IN3O4SSi2/c1-13(2)33(14(3)4)31-34(10,15(5)6)30-12-17-11-18(21(29-8)20(17)28)26-22-19(24)16(7)25-23(27-22)32-9/h13-15,17-18,20-21,28H,11-12H2,1-10H3,(H,25,26,27)/t17-,18-,20-,21+,34?/m1/s1. The molecule has 1 aromatic rings. The van der Waals surface area contributed by atoms with Crippen molar-refractivity contribution in [3.8, 4) is 0 Å². The molecule has 0 amide bonds. The van der Waals surface area contributed by atoms with Crippen LogP contribution in [0.1, 0.15) is 53.7 Å². The van der Waals surface area contributed by atoms with Crippen molar-refractivity contribution >= 4 is 57.8 Å². The lowest BCUT2D eigenvalue weighted by Gasteiger charge is -2.38. The van der Waals surface area contributed by atoms with E-state index in [9.17, 15) is 5.11 Å². The van der Waals surface area contributed by atoms with Crippen LogP contribution in [0.5, 0.6) is 0 Å². The predicted molar refractivity (Wildman–Crippen MR) is 153 cm³/mol. The van der Waals surface area contributed by atoms with E-state index in [1.807, 2.05) is 13.2 Å². The van der Waals surface area contributed by atoms with Crippen LogP contribution in [0.3, 0.4) is 0 Å². The summed E-state index contributed by atoms with van der Waals surface area (Å²) in [7, 11) is -1.76. The highest BCUT2D eigenvalue weighted by Crippen LogP contribution is 2.36. The Hall–Kier alpha value is 0.234. The summed E-state index contributed by atoms with van der Waals surface area (Å²) in [5.41, 5.74) is 2.31. The van der Waals surface area contributed by atoms with Gasteiger partial charge >= 0.3 is 8.56 Å². The molecule has 0 aliphatic heterocycles. The molecular formula is C23H43IN3O4SSi2. The molecule has 1 heterocycles. The summed E-state index contributed by atoms with van der Waals surface area (Å²) in [5.74, 6) is 0.759. The average molecular weight is 641 g/mol. The van der Waals surface area contributed by atoms with Crippen molar-refractivity contribution in [2.24, 2.45) is 5.92 Å². The number of anilines is 1. The first-order valence-corrected chi connectivity index (χ1v) is 18.4. The van der Waals surface area contributed by atoms with Gasteiger partial charge in [0.25, 0.3) is 0 Å². The molecule has 0 aromatic carbocycles. The number of hydrogen-bond acceptors (Lipinski definition) is 8. The maximum atomic E-state index is 11.1. The summed E-state index contributed by atoms with van der Waals surface area (Å²) in [6.45, 7) is 18.1. The Labute approximate surface area is 227 Å². The Morgan fingerprint density at radius 2 is 1.82 bits per heavy atom. The number of nitrogens with one attached hydrogen (secondary N) is 1. The largest absolute Gasteiger partial charge is 0.435 e. The molecule has 195 valence electrons. The van der Waals surface area contributed by atoms with E-state index in [0.29, 0.717) is 23.2 Å². The second kappa shape index (κ2) is 13.2. The van der Waals surface area contributed by atoms with Crippen LogP contribution in [0.15, 0.2) is 5.16 Å². The maximum absolute atomic E-state index is 11.1. The van der Waals surface area contributed by atoms with Gasteiger partial charge < -0.3 is 23.7 Å². The lowest BCUT2D eigenvalue weighted by atomic mass is 10.1. The number of methoxy groups -OCH3 is 1. The van der Waals surface area contributed by atoms with E-state index >= 15 is 0 Å². The zero-order valence-corrected chi connectivity index (χ0v) is 27.3. The summed E-state index contributed by atoms with van der Waals surface area (Å²) in [6, 6.07) is -0.0648. The van der Waals surface area contributed by atoms with E-state index in [-0.39, 0.29) is 18.1 Å². The lowest BCUT2D eigenvalue weighted by molar-refractivity contribution is -0.0202. The van der Waals surface area contributed by atoms with Crippen LogP contribution in [0.2, 0.25) is 23.2 Å². The van der Waals surface area contributed by atoms with Crippen LogP contribution >= 0.6 is 34.4 Å². The molecule has 1 aromatic heterocycles. The van der Waals surface area contributed by atoms with Crippen molar-refractivity contribution in [2.75, 3.05) is 25.3 Å². The minimum atomic E-state index is -2.42. The molecule has 1 radical (unpaired) electrons. The van der Waals surface area contributed by atoms with E-state index in [2.05, 4.69) is 86.0 Å². The average Bonchev–Trinajstić information content (AvgIpc) is 3.06. The SMILES string of the molecule is CO[C@@H]1[C@H](O)[C@@H](CO[Si](C)(O[Si](C(C)C)C(C)C)C(C)C)C[C@H]1Nc1nc(SC)nc(C)c1I. The van der Waals surface area contributed by atoms with Crippen LogP contribution in [-0.4, -0.2) is 70.9 Å². The first kappa shape index (κ1) is 30.5. The number of aliphatic hydroxyl groups is 1. The minimum Gasteiger partial charge on any atom is -0.435 e. The Morgan fingerprint density at radius 1 is 1.21 bits per heavy atom. The molecule has 1 fully saturated rings. The van der Waals surface area contributed by atoms with Crippen molar-refractivity contribution in [3.63, 3.8) is 0 Å². The number of halogens is 1. The number of aryl methyl sites for hydroxylation is 1. The maximum Gasteiger partial charge on any atom is 0.327 e. The normalized spacial score (nSPS) is 25.1. The van der Waals surface area contributed by atoms with Gasteiger partial charge in [-0.15, -0.1) is 0 Å². The highest BCUT2D eigenvalue weighted by Gasteiger charge is 2.46. The van der Waals surface area contributed by atoms with Crippen LogP contribution in [0, 0.1) is 16.4 Å². The first-order valence-electron chi connectivity index (χ1n) is 12.1. The number of rotatable bonds is 12. The smallest absolute Gasteiger partial charge is 0.327 e. The summed E-state index contributed by atoms with van der Waals surface area (Å²) in [4.78, 5) is 9.18. The van der Waals surface area contributed by atoms with E-state index < -0.39 is 23.7 Å². The van der Waals surface area contributed by atoms with E-state index in [1.54, 1.807) is 7.11 Å². The quantitative estimate of drug-likeness (QED) is 0.132. The van der Waals surface area contributed by atoms with Gasteiger partial charge in [0.2, 0.25) is 9.04 Å². The van der Waals surface area contributed by atoms with Crippen LogP contribution in [0.25, 0.3) is 0 Å². The van der Waals surface area contributed by atoms with Crippen molar-refractivity contribution in [2.45, 2.75) is 101 Å². The molecule has 1 aliphatic rings. The fourth-order valence-electron chi connectivity index (χ4n) is 4.34. The molecule has 7 nitrogen and oxygen atoms in total. The second-order valence-electron chi connectivity index (χ2n) is 10.2. The third-order valence-corrected chi connectivity index (χ3v) is 16.2. The molecule has 2 N–H and O–H groups in total. The van der Waals surface area contributed by atoms with Crippen molar-refractivity contribution < 1.29 is 18.4 Å².